The summed E-state index contributed by atoms with van der Waals surface area (Å²) in [7, 11) is 0. The van der Waals surface area contributed by atoms with Gasteiger partial charge in [0.05, 0.1) is 0 Å². The number of unbranched alkanes of at least 4 members (excludes halogenated alkanes) is 2. The summed E-state index contributed by atoms with van der Waals surface area (Å²) in [5, 5.41) is 8.41. The van der Waals surface area contributed by atoms with Crippen LogP contribution < -0.4 is 0 Å². The zero-order valence-corrected chi connectivity index (χ0v) is 10.0. The van der Waals surface area contributed by atoms with Crippen LogP contribution in [0.5, 0.6) is 0 Å². The molecule has 0 aromatic heterocycles. The van der Waals surface area contributed by atoms with Crippen LogP contribution in [0.2, 0.25) is 0 Å². The monoisotopic (exact) mass is 210 g/mol. The maximum atomic E-state index is 10.2. The van der Waals surface area contributed by atoms with Gasteiger partial charge >= 0.3 is 5.97 Å². The van der Waals surface area contributed by atoms with Crippen LogP contribution >= 0.6 is 0 Å². The maximum absolute atomic E-state index is 10.2. The molecule has 0 aromatic rings. The first-order valence-electron chi connectivity index (χ1n) is 5.13. The molecule has 0 saturated heterocycles. The number of rotatable bonds is 5. The highest BCUT2D eigenvalue weighted by Crippen LogP contribution is 2.00. The molecule has 2 heteroatoms. The Hall–Kier alpha value is -1.31. The van der Waals surface area contributed by atoms with Gasteiger partial charge in [-0.1, -0.05) is 50.6 Å². The quantitative estimate of drug-likeness (QED) is 0.423. The van der Waals surface area contributed by atoms with Gasteiger partial charge in [-0.3, -0.25) is 0 Å². The Kier molecular flexibility index (Phi) is 11.6. The average molecular weight is 210 g/mol. The van der Waals surface area contributed by atoms with Crippen LogP contribution in [-0.2, 0) is 4.79 Å². The van der Waals surface area contributed by atoms with Crippen molar-refractivity contribution in [2.75, 3.05) is 0 Å². The molecule has 86 valence electrons. The van der Waals surface area contributed by atoms with Crippen LogP contribution in [-0.4, -0.2) is 11.1 Å². The molecule has 0 aliphatic carbocycles. The molecule has 0 unspecified atom stereocenters. The summed E-state index contributed by atoms with van der Waals surface area (Å²) in [5.41, 5.74) is 1.47. The van der Waals surface area contributed by atoms with Gasteiger partial charge in [0.1, 0.15) is 0 Å². The zero-order chi connectivity index (χ0) is 12.3. The number of carbonyl (C=O) groups is 1. The van der Waals surface area contributed by atoms with E-state index in [9.17, 15) is 4.79 Å². The molecule has 0 atom stereocenters. The summed E-state index contributed by atoms with van der Waals surface area (Å²) < 4.78 is 0. The fourth-order valence-electron chi connectivity index (χ4n) is 0.610. The standard InChI is InChI=1S/C8H14O2.C5H8/c1-3-4-5-6-7(2)8(9)10;1-4-5(2)3/h6H,3-5H2,1-2H3,(H,9,10);4H,1-2H2,3H3. The number of hydrogen-bond acceptors (Lipinski definition) is 1. The van der Waals surface area contributed by atoms with Crippen molar-refractivity contribution in [3.63, 3.8) is 0 Å². The van der Waals surface area contributed by atoms with Gasteiger partial charge in [-0.25, -0.2) is 4.79 Å². The molecule has 15 heavy (non-hydrogen) atoms. The second-order valence-corrected chi connectivity index (χ2v) is 3.38. The van der Waals surface area contributed by atoms with Gasteiger partial charge in [-0.05, 0) is 20.3 Å². The van der Waals surface area contributed by atoms with Crippen molar-refractivity contribution in [1.29, 1.82) is 0 Å². The van der Waals surface area contributed by atoms with E-state index in [4.69, 9.17) is 5.11 Å². The SMILES string of the molecule is C=CC(=C)C.CCCCC=C(C)C(=O)O. The van der Waals surface area contributed by atoms with E-state index in [1.54, 1.807) is 19.1 Å². The topological polar surface area (TPSA) is 37.3 Å². The van der Waals surface area contributed by atoms with E-state index >= 15 is 0 Å². The lowest BCUT2D eigenvalue weighted by molar-refractivity contribution is -0.132. The van der Waals surface area contributed by atoms with Crippen LogP contribution in [0.3, 0.4) is 0 Å². The zero-order valence-electron chi connectivity index (χ0n) is 10.0. The van der Waals surface area contributed by atoms with E-state index in [2.05, 4.69) is 20.1 Å². The summed E-state index contributed by atoms with van der Waals surface area (Å²) in [6.45, 7) is 12.6. The van der Waals surface area contributed by atoms with Gasteiger partial charge in [-0.15, -0.1) is 0 Å². The van der Waals surface area contributed by atoms with Crippen molar-refractivity contribution in [3.05, 3.63) is 36.5 Å². The van der Waals surface area contributed by atoms with Crippen molar-refractivity contribution in [3.8, 4) is 0 Å². The predicted octanol–water partition coefficient (Wildman–Crippen LogP) is 3.96. The second kappa shape index (κ2) is 10.8. The first-order chi connectivity index (χ1) is 6.95. The van der Waals surface area contributed by atoms with Gasteiger partial charge in [0.2, 0.25) is 0 Å². The third-order valence-electron chi connectivity index (χ3n) is 1.69. The molecule has 0 aliphatic heterocycles. The van der Waals surface area contributed by atoms with Crippen LogP contribution in [0.4, 0.5) is 0 Å². The minimum atomic E-state index is -0.809. The van der Waals surface area contributed by atoms with E-state index in [1.165, 1.54) is 0 Å². The Morgan fingerprint density at radius 1 is 1.40 bits per heavy atom. The molecule has 0 bridgehead atoms. The molecule has 0 fully saturated rings. The lowest BCUT2D eigenvalue weighted by Crippen LogP contribution is -1.95. The summed E-state index contributed by atoms with van der Waals surface area (Å²) in [4.78, 5) is 10.2. The highest BCUT2D eigenvalue weighted by molar-refractivity contribution is 5.85. The Balaban J connectivity index is 0. The molecule has 0 rings (SSSR count). The first kappa shape index (κ1) is 16.1. The van der Waals surface area contributed by atoms with Crippen LogP contribution in [0.1, 0.15) is 40.0 Å². The van der Waals surface area contributed by atoms with Crippen molar-refractivity contribution in [2.24, 2.45) is 0 Å². The fourth-order valence-corrected chi connectivity index (χ4v) is 0.610. The highest BCUT2D eigenvalue weighted by atomic mass is 16.4. The van der Waals surface area contributed by atoms with Crippen LogP contribution in [0, 0.1) is 0 Å². The fraction of sp³-hybridized carbons (Fsp3) is 0.462. The van der Waals surface area contributed by atoms with Crippen molar-refractivity contribution in [2.45, 2.75) is 40.0 Å². The van der Waals surface area contributed by atoms with E-state index in [0.717, 1.165) is 24.8 Å². The van der Waals surface area contributed by atoms with Crippen LogP contribution in [0.15, 0.2) is 36.5 Å². The molecule has 0 spiro atoms. The van der Waals surface area contributed by atoms with E-state index in [0.29, 0.717) is 5.57 Å². The van der Waals surface area contributed by atoms with Crippen LogP contribution in [0.25, 0.3) is 0 Å². The number of carboxylic acids is 1. The maximum Gasteiger partial charge on any atom is 0.330 e. The molecular weight excluding hydrogens is 188 g/mol. The number of carboxylic acid groups (broad SMARTS) is 1. The lowest BCUT2D eigenvalue weighted by atomic mass is 10.2. The Morgan fingerprint density at radius 3 is 2.13 bits per heavy atom. The molecule has 0 heterocycles. The molecular formula is C13H22O2. The van der Waals surface area contributed by atoms with Gasteiger partial charge in [0.15, 0.2) is 0 Å². The largest absolute Gasteiger partial charge is 0.478 e. The second-order valence-electron chi connectivity index (χ2n) is 3.38. The third kappa shape index (κ3) is 15.4. The van der Waals surface area contributed by atoms with E-state index in [-0.39, 0.29) is 0 Å². The van der Waals surface area contributed by atoms with E-state index in [1.807, 2.05) is 6.92 Å². The number of allylic oxidation sites excluding steroid dienone is 3. The smallest absolute Gasteiger partial charge is 0.330 e. The molecule has 0 radical (unpaired) electrons. The van der Waals surface area contributed by atoms with Gasteiger partial charge in [-0.2, -0.15) is 0 Å². The summed E-state index contributed by atoms with van der Waals surface area (Å²) in [6, 6.07) is 0. The van der Waals surface area contributed by atoms with Gasteiger partial charge < -0.3 is 5.11 Å². The normalized spacial score (nSPS) is 9.93. The molecule has 0 aromatic carbocycles. The molecule has 2 nitrogen and oxygen atoms in total. The molecule has 0 amide bonds. The lowest BCUT2D eigenvalue weighted by Gasteiger charge is -1.91. The van der Waals surface area contributed by atoms with E-state index < -0.39 is 5.97 Å². The highest BCUT2D eigenvalue weighted by Gasteiger charge is 1.96. The number of aliphatic carboxylic acids is 1. The van der Waals surface area contributed by atoms with Gasteiger partial charge in [0.25, 0.3) is 0 Å². The molecule has 1 N–H and O–H groups in total. The van der Waals surface area contributed by atoms with Crippen molar-refractivity contribution in [1.82, 2.24) is 0 Å². The molecule has 0 saturated carbocycles. The molecule has 0 aliphatic rings. The average Bonchev–Trinajstić information content (AvgIpc) is 2.18. The van der Waals surface area contributed by atoms with Gasteiger partial charge in [0, 0.05) is 5.57 Å². The third-order valence-corrected chi connectivity index (χ3v) is 1.69. The summed E-state index contributed by atoms with van der Waals surface area (Å²) in [6.07, 6.45) is 6.56. The predicted molar refractivity (Wildman–Crippen MR) is 65.9 cm³/mol. The Labute approximate surface area is 93.0 Å². The Morgan fingerprint density at radius 2 is 1.87 bits per heavy atom. The van der Waals surface area contributed by atoms with Crippen molar-refractivity contribution < 1.29 is 9.90 Å². The Bertz CT molecular complexity index is 237. The number of hydrogen-bond donors (Lipinski definition) is 1. The summed E-state index contributed by atoms with van der Waals surface area (Å²) in [5.74, 6) is -0.809. The minimum Gasteiger partial charge on any atom is -0.478 e. The van der Waals surface area contributed by atoms with Crippen molar-refractivity contribution >= 4 is 5.97 Å². The first-order valence-corrected chi connectivity index (χ1v) is 5.13. The summed E-state index contributed by atoms with van der Waals surface area (Å²) >= 11 is 0. The minimum absolute atomic E-state index is 0.452.